The SMILES string of the molecule is COCCCOCCOc1cccc(SC)c1C(=N)N. The summed E-state index contributed by atoms with van der Waals surface area (Å²) < 4.78 is 16.0. The fraction of sp³-hybridized carbons (Fsp3) is 0.500. The molecule has 0 saturated heterocycles. The molecule has 0 saturated carbocycles. The standard InChI is InChI=1S/C14H22N2O3S/c1-17-7-4-8-18-9-10-19-11-5-3-6-12(20-2)13(11)14(15)16/h3,5-6H,4,7-10H2,1-2H3,(H3,15,16). The molecule has 0 heterocycles. The van der Waals surface area contributed by atoms with E-state index in [1.165, 1.54) is 0 Å². The number of hydrogen-bond acceptors (Lipinski definition) is 5. The van der Waals surface area contributed by atoms with Crippen LogP contribution in [0.4, 0.5) is 0 Å². The minimum atomic E-state index is 0.0194. The van der Waals surface area contributed by atoms with Crippen LogP contribution < -0.4 is 10.5 Å². The molecule has 3 N–H and O–H groups in total. The number of hydrogen-bond donors (Lipinski definition) is 2. The van der Waals surface area contributed by atoms with Gasteiger partial charge >= 0.3 is 0 Å². The predicted molar refractivity (Wildman–Crippen MR) is 82.0 cm³/mol. The van der Waals surface area contributed by atoms with Gasteiger partial charge in [0.25, 0.3) is 0 Å². The Labute approximate surface area is 124 Å². The summed E-state index contributed by atoms with van der Waals surface area (Å²) in [6.45, 7) is 2.29. The quantitative estimate of drug-likeness (QED) is 0.299. The number of methoxy groups -OCH3 is 1. The zero-order valence-electron chi connectivity index (χ0n) is 12.0. The molecule has 0 spiro atoms. The van der Waals surface area contributed by atoms with Crippen molar-refractivity contribution < 1.29 is 14.2 Å². The number of nitrogens with two attached hydrogens (primary N) is 1. The Kier molecular flexibility index (Phi) is 8.10. The van der Waals surface area contributed by atoms with Gasteiger partial charge in [-0.15, -0.1) is 11.8 Å². The summed E-state index contributed by atoms with van der Waals surface area (Å²) in [6.07, 6.45) is 2.82. The Balaban J connectivity index is 2.45. The minimum Gasteiger partial charge on any atom is -0.490 e. The van der Waals surface area contributed by atoms with Gasteiger partial charge in [-0.3, -0.25) is 5.41 Å². The molecular formula is C14H22N2O3S. The highest BCUT2D eigenvalue weighted by atomic mass is 32.2. The van der Waals surface area contributed by atoms with Gasteiger partial charge in [0.15, 0.2) is 0 Å². The molecule has 5 nitrogen and oxygen atoms in total. The van der Waals surface area contributed by atoms with Crippen molar-refractivity contribution in [1.29, 1.82) is 5.41 Å². The summed E-state index contributed by atoms with van der Waals surface area (Å²) in [7, 11) is 1.67. The van der Waals surface area contributed by atoms with E-state index in [0.717, 1.165) is 11.3 Å². The van der Waals surface area contributed by atoms with Gasteiger partial charge in [-0.05, 0) is 24.8 Å². The van der Waals surface area contributed by atoms with Crippen molar-refractivity contribution in [3.63, 3.8) is 0 Å². The first-order valence-corrected chi connectivity index (χ1v) is 7.64. The second kappa shape index (κ2) is 9.63. The number of amidine groups is 1. The first kappa shape index (κ1) is 16.8. The largest absolute Gasteiger partial charge is 0.490 e. The van der Waals surface area contributed by atoms with E-state index in [9.17, 15) is 0 Å². The molecule has 0 aromatic heterocycles. The lowest BCUT2D eigenvalue weighted by Crippen LogP contribution is -2.16. The van der Waals surface area contributed by atoms with Gasteiger partial charge in [0.05, 0.1) is 12.2 Å². The molecule has 1 aromatic carbocycles. The van der Waals surface area contributed by atoms with Crippen LogP contribution in [-0.4, -0.2) is 45.6 Å². The molecule has 112 valence electrons. The van der Waals surface area contributed by atoms with Gasteiger partial charge in [-0.1, -0.05) is 6.07 Å². The van der Waals surface area contributed by atoms with Crippen molar-refractivity contribution in [1.82, 2.24) is 0 Å². The summed E-state index contributed by atoms with van der Waals surface area (Å²) in [4.78, 5) is 0.941. The van der Waals surface area contributed by atoms with E-state index in [1.54, 1.807) is 18.9 Å². The molecular weight excluding hydrogens is 276 g/mol. The summed E-state index contributed by atoms with van der Waals surface area (Å²) in [5.74, 6) is 0.649. The molecule has 1 aromatic rings. The Hall–Kier alpha value is -1.24. The molecule has 0 aliphatic rings. The summed E-state index contributed by atoms with van der Waals surface area (Å²) in [6, 6.07) is 5.64. The Morgan fingerprint density at radius 3 is 2.70 bits per heavy atom. The lowest BCUT2D eigenvalue weighted by Gasteiger charge is -2.13. The lowest BCUT2D eigenvalue weighted by atomic mass is 10.2. The van der Waals surface area contributed by atoms with Crippen molar-refractivity contribution in [3.05, 3.63) is 23.8 Å². The van der Waals surface area contributed by atoms with Crippen LogP contribution in [0.25, 0.3) is 0 Å². The molecule has 1 rings (SSSR count). The van der Waals surface area contributed by atoms with Crippen LogP contribution in [0.15, 0.2) is 23.1 Å². The van der Waals surface area contributed by atoms with Gasteiger partial charge in [-0.25, -0.2) is 0 Å². The summed E-state index contributed by atoms with van der Waals surface area (Å²) in [5, 5.41) is 7.65. The Morgan fingerprint density at radius 2 is 2.05 bits per heavy atom. The highest BCUT2D eigenvalue weighted by molar-refractivity contribution is 7.98. The third-order valence-corrected chi connectivity index (χ3v) is 3.38. The molecule has 20 heavy (non-hydrogen) atoms. The van der Waals surface area contributed by atoms with E-state index < -0.39 is 0 Å². The fourth-order valence-electron chi connectivity index (χ4n) is 1.68. The van der Waals surface area contributed by atoms with Gasteiger partial charge < -0.3 is 19.9 Å². The predicted octanol–water partition coefficient (Wildman–Crippen LogP) is 2.12. The Bertz CT molecular complexity index is 427. The van der Waals surface area contributed by atoms with Gasteiger partial charge in [0, 0.05) is 25.2 Å². The molecule has 0 radical (unpaired) electrons. The van der Waals surface area contributed by atoms with Crippen molar-refractivity contribution in [2.24, 2.45) is 5.73 Å². The average Bonchev–Trinajstić information content (AvgIpc) is 2.45. The van der Waals surface area contributed by atoms with Crippen LogP contribution in [-0.2, 0) is 9.47 Å². The maximum atomic E-state index is 7.65. The van der Waals surface area contributed by atoms with Crippen molar-refractivity contribution >= 4 is 17.6 Å². The molecule has 0 amide bonds. The third kappa shape index (κ3) is 5.40. The van der Waals surface area contributed by atoms with Gasteiger partial charge in [0.2, 0.25) is 0 Å². The number of thioether (sulfide) groups is 1. The molecule has 6 heteroatoms. The summed E-state index contributed by atoms with van der Waals surface area (Å²) in [5.41, 5.74) is 6.27. The van der Waals surface area contributed by atoms with Crippen molar-refractivity contribution in [2.75, 3.05) is 39.8 Å². The highest BCUT2D eigenvalue weighted by Crippen LogP contribution is 2.28. The van der Waals surface area contributed by atoms with E-state index in [-0.39, 0.29) is 5.84 Å². The number of rotatable bonds is 10. The van der Waals surface area contributed by atoms with Crippen molar-refractivity contribution in [3.8, 4) is 5.75 Å². The number of nitrogen functional groups attached to an aromatic ring is 1. The van der Waals surface area contributed by atoms with Crippen LogP contribution in [0, 0.1) is 5.41 Å². The minimum absolute atomic E-state index is 0.0194. The van der Waals surface area contributed by atoms with E-state index >= 15 is 0 Å². The van der Waals surface area contributed by atoms with Crippen LogP contribution in [0.3, 0.4) is 0 Å². The van der Waals surface area contributed by atoms with Crippen molar-refractivity contribution in [2.45, 2.75) is 11.3 Å². The molecule has 0 fully saturated rings. The normalized spacial score (nSPS) is 10.5. The van der Waals surface area contributed by atoms with E-state index in [2.05, 4.69) is 0 Å². The molecule has 0 aliphatic carbocycles. The second-order valence-electron chi connectivity index (χ2n) is 4.05. The number of nitrogens with one attached hydrogen (secondary N) is 1. The van der Waals surface area contributed by atoms with Gasteiger partial charge in [-0.2, -0.15) is 0 Å². The van der Waals surface area contributed by atoms with E-state index in [4.69, 9.17) is 25.4 Å². The smallest absolute Gasteiger partial charge is 0.131 e. The first-order valence-electron chi connectivity index (χ1n) is 6.41. The van der Waals surface area contributed by atoms with E-state index in [1.807, 2.05) is 24.5 Å². The second-order valence-corrected chi connectivity index (χ2v) is 4.90. The number of benzene rings is 1. The third-order valence-electron chi connectivity index (χ3n) is 2.60. The topological polar surface area (TPSA) is 77.6 Å². The highest BCUT2D eigenvalue weighted by Gasteiger charge is 2.11. The maximum Gasteiger partial charge on any atom is 0.131 e. The Morgan fingerprint density at radius 1 is 1.25 bits per heavy atom. The number of ether oxygens (including phenoxy) is 3. The molecule has 0 atom stereocenters. The fourth-order valence-corrected chi connectivity index (χ4v) is 2.31. The van der Waals surface area contributed by atoms with Crippen LogP contribution in [0.5, 0.6) is 5.75 Å². The first-order chi connectivity index (χ1) is 9.70. The zero-order valence-corrected chi connectivity index (χ0v) is 12.8. The van der Waals surface area contributed by atoms with Gasteiger partial charge in [0.1, 0.15) is 18.2 Å². The molecule has 0 bridgehead atoms. The monoisotopic (exact) mass is 298 g/mol. The maximum absolute atomic E-state index is 7.65. The molecule has 0 unspecified atom stereocenters. The zero-order chi connectivity index (χ0) is 14.8. The lowest BCUT2D eigenvalue weighted by molar-refractivity contribution is 0.0805. The van der Waals surface area contributed by atoms with Crippen LogP contribution in [0.2, 0.25) is 0 Å². The average molecular weight is 298 g/mol. The van der Waals surface area contributed by atoms with Crippen LogP contribution >= 0.6 is 11.8 Å². The van der Waals surface area contributed by atoms with E-state index in [0.29, 0.717) is 37.7 Å². The molecule has 0 aliphatic heterocycles. The van der Waals surface area contributed by atoms with Crippen LogP contribution in [0.1, 0.15) is 12.0 Å². The summed E-state index contributed by atoms with van der Waals surface area (Å²) >= 11 is 1.54.